The van der Waals surface area contributed by atoms with Gasteiger partial charge in [-0.1, -0.05) is 6.08 Å². The van der Waals surface area contributed by atoms with Crippen molar-refractivity contribution in [3.8, 4) is 0 Å². The molecule has 148 valence electrons. The molecule has 5 rings (SSSR count). The number of aromatic nitrogens is 3. The number of H-pyrrole nitrogens is 1. The van der Waals surface area contributed by atoms with Gasteiger partial charge in [-0.2, -0.15) is 5.10 Å². The molecular weight excluding hydrogens is 368 g/mol. The van der Waals surface area contributed by atoms with Gasteiger partial charge in [-0.25, -0.2) is 4.98 Å². The minimum absolute atomic E-state index is 0.0252. The van der Waals surface area contributed by atoms with Crippen LogP contribution in [-0.4, -0.2) is 51.5 Å². The fourth-order valence-corrected chi connectivity index (χ4v) is 4.35. The minimum atomic E-state index is -0.0981. The van der Waals surface area contributed by atoms with Gasteiger partial charge in [0, 0.05) is 43.7 Å². The molecule has 2 amide bonds. The standard InChI is InChI=1S/C21H22N6O2/c28-19-10-22-9-15-5-13(8-23-21(15)25-19)1-2-20(29)27-11-16-6-14(7-17(16)12-27)18-3-4-24-26-18/h1-6,8,16-17,22H,7,9-12H2,(H,24,26)(H,23,25,28)/b2-1+. The van der Waals surface area contributed by atoms with Crippen LogP contribution >= 0.6 is 0 Å². The van der Waals surface area contributed by atoms with Crippen LogP contribution in [0.5, 0.6) is 0 Å². The van der Waals surface area contributed by atoms with Crippen LogP contribution in [0, 0.1) is 11.8 Å². The number of rotatable bonds is 3. The fourth-order valence-electron chi connectivity index (χ4n) is 4.35. The monoisotopic (exact) mass is 390 g/mol. The van der Waals surface area contributed by atoms with Crippen LogP contribution in [-0.2, 0) is 16.1 Å². The summed E-state index contributed by atoms with van der Waals surface area (Å²) >= 11 is 0. The Hall–Kier alpha value is -3.26. The maximum atomic E-state index is 12.7. The van der Waals surface area contributed by atoms with E-state index in [0.717, 1.165) is 36.3 Å². The number of anilines is 1. The van der Waals surface area contributed by atoms with Gasteiger partial charge >= 0.3 is 0 Å². The zero-order chi connectivity index (χ0) is 19.8. The Morgan fingerprint density at radius 2 is 2.21 bits per heavy atom. The molecule has 0 aromatic carbocycles. The lowest BCUT2D eigenvalue weighted by molar-refractivity contribution is -0.125. The van der Waals surface area contributed by atoms with E-state index in [1.165, 1.54) is 5.57 Å². The molecule has 3 N–H and O–H groups in total. The molecule has 1 aliphatic carbocycles. The Morgan fingerprint density at radius 1 is 1.28 bits per heavy atom. The molecular formula is C21H22N6O2. The number of amides is 2. The number of fused-ring (bicyclic) bond motifs is 2. The zero-order valence-electron chi connectivity index (χ0n) is 15.9. The summed E-state index contributed by atoms with van der Waals surface area (Å²) in [4.78, 5) is 30.5. The van der Waals surface area contributed by atoms with Crippen LogP contribution in [0.15, 0.2) is 36.7 Å². The van der Waals surface area contributed by atoms with Crippen LogP contribution < -0.4 is 10.6 Å². The molecule has 29 heavy (non-hydrogen) atoms. The normalized spacial score (nSPS) is 23.5. The average Bonchev–Trinajstić information content (AvgIpc) is 3.41. The highest BCUT2D eigenvalue weighted by atomic mass is 16.2. The molecule has 8 heteroatoms. The number of hydrogen-bond donors (Lipinski definition) is 3. The second kappa shape index (κ2) is 7.29. The quantitative estimate of drug-likeness (QED) is 0.688. The number of allylic oxidation sites excluding steroid dienone is 1. The predicted molar refractivity (Wildman–Crippen MR) is 108 cm³/mol. The fraction of sp³-hybridized carbons (Fsp3) is 0.333. The molecule has 2 aliphatic heterocycles. The highest BCUT2D eigenvalue weighted by Gasteiger charge is 2.38. The summed E-state index contributed by atoms with van der Waals surface area (Å²) in [6, 6.07) is 3.94. The highest BCUT2D eigenvalue weighted by molar-refractivity contribution is 5.93. The molecule has 2 aromatic rings. The third-order valence-electron chi connectivity index (χ3n) is 5.81. The second-order valence-electron chi connectivity index (χ2n) is 7.79. The molecule has 1 saturated heterocycles. The number of carbonyl (C=O) groups is 2. The van der Waals surface area contributed by atoms with E-state index in [-0.39, 0.29) is 18.4 Å². The number of hydrogen-bond acceptors (Lipinski definition) is 5. The Kier molecular flexibility index (Phi) is 4.48. The lowest BCUT2D eigenvalue weighted by atomic mass is 9.99. The molecule has 3 aliphatic rings. The number of aromatic amines is 1. The van der Waals surface area contributed by atoms with Gasteiger partial charge in [-0.15, -0.1) is 0 Å². The van der Waals surface area contributed by atoms with E-state index in [9.17, 15) is 9.59 Å². The molecule has 2 aromatic heterocycles. The molecule has 4 heterocycles. The largest absolute Gasteiger partial charge is 0.338 e. The Balaban J connectivity index is 1.23. The lowest BCUT2D eigenvalue weighted by Gasteiger charge is -2.15. The number of likely N-dealkylation sites (tertiary alicyclic amines) is 1. The average molecular weight is 390 g/mol. The topological polar surface area (TPSA) is 103 Å². The van der Waals surface area contributed by atoms with Crippen molar-refractivity contribution in [2.45, 2.75) is 13.0 Å². The summed E-state index contributed by atoms with van der Waals surface area (Å²) in [5.74, 6) is 1.40. The molecule has 1 fully saturated rings. The smallest absolute Gasteiger partial charge is 0.246 e. The summed E-state index contributed by atoms with van der Waals surface area (Å²) in [6.45, 7) is 2.37. The summed E-state index contributed by atoms with van der Waals surface area (Å²) in [7, 11) is 0. The van der Waals surface area contributed by atoms with Gasteiger partial charge in [0.2, 0.25) is 11.8 Å². The summed E-state index contributed by atoms with van der Waals surface area (Å²) in [6.07, 6.45) is 10.1. The van der Waals surface area contributed by atoms with E-state index in [4.69, 9.17) is 0 Å². The van der Waals surface area contributed by atoms with Gasteiger partial charge in [0.1, 0.15) is 5.82 Å². The molecule has 0 saturated carbocycles. The number of pyridine rings is 1. The maximum Gasteiger partial charge on any atom is 0.246 e. The van der Waals surface area contributed by atoms with E-state index in [1.54, 1.807) is 24.5 Å². The van der Waals surface area contributed by atoms with Crippen LogP contribution in [0.3, 0.4) is 0 Å². The van der Waals surface area contributed by atoms with Crippen molar-refractivity contribution in [2.24, 2.45) is 11.8 Å². The van der Waals surface area contributed by atoms with Gasteiger partial charge in [0.25, 0.3) is 0 Å². The molecule has 0 radical (unpaired) electrons. The van der Waals surface area contributed by atoms with Crippen LogP contribution in [0.4, 0.5) is 5.82 Å². The van der Waals surface area contributed by atoms with E-state index in [0.29, 0.717) is 24.2 Å². The molecule has 0 bridgehead atoms. The lowest BCUT2D eigenvalue weighted by Crippen LogP contribution is -2.27. The SMILES string of the molecule is O=C1CNCc2cc(/C=C/C(=O)N3CC4C=C(c5ccn[nH]5)CC4C3)cnc2N1. The van der Waals surface area contributed by atoms with Gasteiger partial charge < -0.3 is 15.5 Å². The first-order chi connectivity index (χ1) is 14.2. The molecule has 8 nitrogen and oxygen atoms in total. The van der Waals surface area contributed by atoms with Gasteiger partial charge in [-0.3, -0.25) is 14.7 Å². The van der Waals surface area contributed by atoms with E-state index < -0.39 is 0 Å². The maximum absolute atomic E-state index is 12.7. The Morgan fingerprint density at radius 3 is 3.03 bits per heavy atom. The van der Waals surface area contributed by atoms with E-state index >= 15 is 0 Å². The Bertz CT molecular complexity index is 1010. The third-order valence-corrected chi connectivity index (χ3v) is 5.81. The van der Waals surface area contributed by atoms with Crippen molar-refractivity contribution in [1.29, 1.82) is 0 Å². The van der Waals surface area contributed by atoms with Crippen molar-refractivity contribution in [3.63, 3.8) is 0 Å². The summed E-state index contributed by atoms with van der Waals surface area (Å²) in [5, 5.41) is 12.9. The Labute approximate surface area is 168 Å². The van der Waals surface area contributed by atoms with Crippen molar-refractivity contribution < 1.29 is 9.59 Å². The van der Waals surface area contributed by atoms with Crippen molar-refractivity contribution in [3.05, 3.63) is 53.5 Å². The van der Waals surface area contributed by atoms with Crippen molar-refractivity contribution in [1.82, 2.24) is 25.4 Å². The first-order valence-corrected chi connectivity index (χ1v) is 9.82. The number of nitrogens with zero attached hydrogens (tertiary/aromatic N) is 3. The first-order valence-electron chi connectivity index (χ1n) is 9.82. The van der Waals surface area contributed by atoms with E-state index in [2.05, 4.69) is 31.9 Å². The summed E-state index contributed by atoms with van der Waals surface area (Å²) < 4.78 is 0. The molecule has 2 atom stereocenters. The van der Waals surface area contributed by atoms with Crippen LogP contribution in [0.2, 0.25) is 0 Å². The van der Waals surface area contributed by atoms with Crippen LogP contribution in [0.1, 0.15) is 23.2 Å². The zero-order valence-corrected chi connectivity index (χ0v) is 15.9. The van der Waals surface area contributed by atoms with Crippen molar-refractivity contribution in [2.75, 3.05) is 25.0 Å². The van der Waals surface area contributed by atoms with Gasteiger partial charge in [0.15, 0.2) is 0 Å². The number of carbonyl (C=O) groups excluding carboxylic acids is 2. The van der Waals surface area contributed by atoms with Crippen molar-refractivity contribution >= 4 is 29.3 Å². The number of nitrogens with one attached hydrogen (secondary N) is 3. The third kappa shape index (κ3) is 3.58. The predicted octanol–water partition coefficient (Wildman–Crippen LogP) is 1.42. The second-order valence-corrected chi connectivity index (χ2v) is 7.79. The first kappa shape index (κ1) is 17.8. The minimum Gasteiger partial charge on any atom is -0.338 e. The highest BCUT2D eigenvalue weighted by Crippen LogP contribution is 2.40. The summed E-state index contributed by atoms with van der Waals surface area (Å²) in [5.41, 5.74) is 4.14. The van der Waals surface area contributed by atoms with Crippen LogP contribution in [0.25, 0.3) is 11.6 Å². The van der Waals surface area contributed by atoms with Gasteiger partial charge in [-0.05, 0) is 47.6 Å². The van der Waals surface area contributed by atoms with Gasteiger partial charge in [0.05, 0.1) is 12.2 Å². The molecule has 0 spiro atoms. The molecule has 2 unspecified atom stereocenters. The van der Waals surface area contributed by atoms with E-state index in [1.807, 2.05) is 17.0 Å².